The number of benzene rings is 1. The molecule has 0 saturated carbocycles. The van der Waals surface area contributed by atoms with Crippen molar-refractivity contribution >= 4 is 5.97 Å². The molecule has 0 aliphatic heterocycles. The van der Waals surface area contributed by atoms with E-state index in [1.54, 1.807) is 18.2 Å². The molecule has 0 bridgehead atoms. The maximum Gasteiger partial charge on any atom is 0.0715 e. The van der Waals surface area contributed by atoms with Crippen LogP contribution in [0.15, 0.2) is 30.3 Å². The summed E-state index contributed by atoms with van der Waals surface area (Å²) in [6, 6.07) is 8.06. The van der Waals surface area contributed by atoms with Gasteiger partial charge in [-0.3, -0.25) is 4.91 Å². The first-order valence-corrected chi connectivity index (χ1v) is 2.97. The van der Waals surface area contributed by atoms with E-state index >= 15 is 0 Å². The molecule has 0 aliphatic rings. The number of nitrogens with zero attached hydrogens (tertiary/aromatic N) is 3. The van der Waals surface area contributed by atoms with Gasteiger partial charge in [0.15, 0.2) is 0 Å². The Morgan fingerprint density at radius 2 is 1.67 bits per heavy atom. The van der Waals surface area contributed by atoms with Crippen LogP contribution in [-0.4, -0.2) is 5.97 Å². The van der Waals surface area contributed by atoms with Crippen molar-refractivity contribution in [3.63, 3.8) is 0 Å². The normalized spacial score (nSPS) is 7.33. The Morgan fingerprint density at radius 1 is 1.25 bits per heavy atom. The molecule has 0 aromatic heterocycles. The second-order valence-electron chi connectivity index (χ2n) is 1.74. The monoisotopic (exact) mass is 163 g/mol. The van der Waals surface area contributed by atoms with Crippen LogP contribution in [0.2, 0.25) is 0 Å². The van der Waals surface area contributed by atoms with Gasteiger partial charge in [0.05, 0.1) is 5.97 Å². The highest BCUT2D eigenvalue weighted by Crippen LogP contribution is 1.94. The zero-order valence-corrected chi connectivity index (χ0v) is 6.04. The fraction of sp³-hybridized carbons (Fsp3) is 0. The van der Waals surface area contributed by atoms with Gasteiger partial charge in [-0.25, -0.2) is 0 Å². The van der Waals surface area contributed by atoms with E-state index in [1.165, 1.54) is 17.0 Å². The van der Waals surface area contributed by atoms with E-state index in [9.17, 15) is 9.90 Å². The Kier molecular flexibility index (Phi) is 4.80. The fourth-order valence-electron chi connectivity index (χ4n) is 0.574. The summed E-state index contributed by atoms with van der Waals surface area (Å²) in [6.45, 7) is 0. The number of carboxylic acid groups (broad SMARTS) is 1. The smallest absolute Gasteiger partial charge is 0.0715 e. The van der Waals surface area contributed by atoms with E-state index in [0.29, 0.717) is 0 Å². The summed E-state index contributed by atoms with van der Waals surface area (Å²) in [4.78, 5) is 11.6. The lowest BCUT2D eigenvalue weighted by atomic mass is 10.2. The van der Waals surface area contributed by atoms with Crippen molar-refractivity contribution in [1.82, 2.24) is 0 Å². The van der Waals surface area contributed by atoms with E-state index < -0.39 is 5.97 Å². The molecule has 1 rings (SSSR count). The van der Waals surface area contributed by atoms with Gasteiger partial charge in [-0.15, -0.1) is 0 Å². The van der Waals surface area contributed by atoms with Crippen LogP contribution < -0.4 is 5.11 Å². The molecule has 1 aromatic carbocycles. The minimum absolute atomic E-state index is 0.220. The zero-order chi connectivity index (χ0) is 9.40. The van der Waals surface area contributed by atoms with Gasteiger partial charge < -0.3 is 21.0 Å². The Hall–Kier alpha value is -2.00. The fourth-order valence-corrected chi connectivity index (χ4v) is 0.574. The Morgan fingerprint density at radius 3 is 1.92 bits per heavy atom. The number of carboxylic acids is 1. The average Bonchev–Trinajstić information content (AvgIpc) is 2.07. The van der Waals surface area contributed by atoms with E-state index in [-0.39, 0.29) is 5.56 Å². The van der Waals surface area contributed by atoms with E-state index in [1.807, 2.05) is 0 Å². The van der Waals surface area contributed by atoms with Crippen molar-refractivity contribution in [3.05, 3.63) is 51.9 Å². The topological polar surface area (TPSA) is 98.8 Å². The third-order valence-electron chi connectivity index (χ3n) is 1.01. The highest BCUT2D eigenvalue weighted by Gasteiger charge is 1.85. The van der Waals surface area contributed by atoms with Crippen molar-refractivity contribution in [3.8, 4) is 0 Å². The maximum atomic E-state index is 10.1. The summed E-state index contributed by atoms with van der Waals surface area (Å²) in [7, 11) is 0. The van der Waals surface area contributed by atoms with Crippen molar-refractivity contribution in [1.29, 1.82) is 0 Å². The number of carbonyl (C=O) groups excluding carboxylic acids is 1. The van der Waals surface area contributed by atoms with Crippen LogP contribution in [0.1, 0.15) is 10.4 Å². The molecule has 0 heterocycles. The third-order valence-corrected chi connectivity index (χ3v) is 1.01. The number of hydrogen-bond donors (Lipinski definition) is 0. The standard InChI is InChI=1S/C7H6O2.N3/c8-7(9)6-4-2-1-3-5-6;1-3-2/h1-5H,(H,8,9);/q;-1/p-1. The van der Waals surface area contributed by atoms with E-state index in [0.717, 1.165) is 0 Å². The first-order chi connectivity index (χ1) is 5.72. The number of carbonyl (C=O) groups is 1. The number of rotatable bonds is 1. The largest absolute Gasteiger partial charge is 0.545 e. The Balaban J connectivity index is 0.000000354. The molecule has 0 N–H and O–H groups in total. The molecule has 0 radical (unpaired) electrons. The van der Waals surface area contributed by atoms with Crippen molar-refractivity contribution in [2.45, 2.75) is 0 Å². The molecule has 62 valence electrons. The van der Waals surface area contributed by atoms with Crippen LogP contribution in [0.5, 0.6) is 0 Å². The van der Waals surface area contributed by atoms with Gasteiger partial charge in [0.1, 0.15) is 0 Å². The molecule has 0 saturated heterocycles. The third kappa shape index (κ3) is 3.92. The molecule has 0 unspecified atom stereocenters. The second kappa shape index (κ2) is 5.76. The van der Waals surface area contributed by atoms with Gasteiger partial charge in [-0.2, -0.15) is 0 Å². The van der Waals surface area contributed by atoms with Crippen molar-refractivity contribution in [2.75, 3.05) is 0 Å². The number of hydrogen-bond acceptors (Lipinski definition) is 2. The summed E-state index contributed by atoms with van der Waals surface area (Å²) in [5.74, 6) is -1.13. The molecular weight excluding hydrogens is 158 g/mol. The van der Waals surface area contributed by atoms with E-state index in [2.05, 4.69) is 0 Å². The molecule has 0 spiro atoms. The SMILES string of the molecule is O=C([O-])c1ccccc1.[N-]=[N+]=[N-]. The Labute approximate surface area is 68.7 Å². The number of aromatic carboxylic acids is 1. The average molecular weight is 163 g/mol. The second-order valence-corrected chi connectivity index (χ2v) is 1.74. The van der Waals surface area contributed by atoms with Crippen LogP contribution in [0, 0.1) is 0 Å². The molecular formula is C7H5N3O2-2. The molecule has 5 heteroatoms. The quantitative estimate of drug-likeness (QED) is 0.349. The van der Waals surface area contributed by atoms with Gasteiger partial charge in [-0.05, 0) is 5.56 Å². The molecule has 0 fully saturated rings. The summed E-state index contributed by atoms with van der Waals surface area (Å²) >= 11 is 0. The van der Waals surface area contributed by atoms with Crippen LogP contribution in [0.25, 0.3) is 16.0 Å². The lowest BCUT2D eigenvalue weighted by molar-refractivity contribution is -0.255. The molecule has 1 aromatic rings. The zero-order valence-electron chi connectivity index (χ0n) is 6.04. The summed E-state index contributed by atoms with van der Waals surface area (Å²) < 4.78 is 0. The van der Waals surface area contributed by atoms with Crippen LogP contribution >= 0.6 is 0 Å². The molecule has 12 heavy (non-hydrogen) atoms. The molecule has 0 amide bonds. The molecule has 0 atom stereocenters. The van der Waals surface area contributed by atoms with Crippen molar-refractivity contribution in [2.24, 2.45) is 0 Å². The van der Waals surface area contributed by atoms with Gasteiger partial charge >= 0.3 is 0 Å². The van der Waals surface area contributed by atoms with E-state index in [4.69, 9.17) is 11.1 Å². The van der Waals surface area contributed by atoms with Crippen LogP contribution in [-0.2, 0) is 0 Å². The van der Waals surface area contributed by atoms with Gasteiger partial charge in [0.25, 0.3) is 0 Å². The lowest BCUT2D eigenvalue weighted by Crippen LogP contribution is -2.21. The van der Waals surface area contributed by atoms with Crippen LogP contribution in [0.4, 0.5) is 0 Å². The first kappa shape index (κ1) is 10.0. The minimum atomic E-state index is -1.13. The van der Waals surface area contributed by atoms with Crippen molar-refractivity contribution < 1.29 is 9.90 Å². The predicted octanol–water partition coefficient (Wildman–Crippen LogP) is 0.916. The maximum absolute atomic E-state index is 10.1. The Bertz CT molecular complexity index is 278. The van der Waals surface area contributed by atoms with Gasteiger partial charge in [0, 0.05) is 0 Å². The highest BCUT2D eigenvalue weighted by atomic mass is 16.4. The molecule has 0 aliphatic carbocycles. The van der Waals surface area contributed by atoms with Gasteiger partial charge in [0.2, 0.25) is 0 Å². The summed E-state index contributed by atoms with van der Waals surface area (Å²) in [6.07, 6.45) is 0. The lowest BCUT2D eigenvalue weighted by Gasteiger charge is -1.97. The summed E-state index contributed by atoms with van der Waals surface area (Å²) in [5, 5.41) is 10.1. The van der Waals surface area contributed by atoms with Gasteiger partial charge in [-0.1, -0.05) is 30.3 Å². The summed E-state index contributed by atoms with van der Waals surface area (Å²) in [5.41, 5.74) is 13.7. The molecule has 5 nitrogen and oxygen atoms in total. The minimum Gasteiger partial charge on any atom is -0.545 e. The predicted molar refractivity (Wildman–Crippen MR) is 40.8 cm³/mol. The highest BCUT2D eigenvalue weighted by molar-refractivity contribution is 5.85. The van der Waals surface area contributed by atoms with Crippen LogP contribution in [0.3, 0.4) is 0 Å². The first-order valence-electron chi connectivity index (χ1n) is 2.97.